The molecular formula is C22H39IN4O2. The molecule has 0 aliphatic carbocycles. The van der Waals surface area contributed by atoms with E-state index in [4.69, 9.17) is 14.5 Å². The molecule has 6 nitrogen and oxygen atoms in total. The number of hydrogen-bond acceptors (Lipinski definition) is 4. The van der Waals surface area contributed by atoms with Crippen LogP contribution in [0.2, 0.25) is 0 Å². The van der Waals surface area contributed by atoms with Crippen molar-refractivity contribution in [1.82, 2.24) is 15.5 Å². The second-order valence-corrected chi connectivity index (χ2v) is 7.74. The molecule has 1 aliphatic heterocycles. The molecule has 0 saturated carbocycles. The van der Waals surface area contributed by atoms with Gasteiger partial charge in [-0.3, -0.25) is 0 Å². The number of guanidine groups is 1. The zero-order valence-electron chi connectivity index (χ0n) is 18.7. The highest BCUT2D eigenvalue weighted by atomic mass is 127. The molecule has 0 atom stereocenters. The van der Waals surface area contributed by atoms with Crippen molar-refractivity contribution in [2.75, 3.05) is 47.0 Å². The van der Waals surface area contributed by atoms with Crippen molar-refractivity contribution >= 4 is 29.9 Å². The fourth-order valence-electron chi connectivity index (χ4n) is 3.43. The van der Waals surface area contributed by atoms with E-state index in [2.05, 4.69) is 68.6 Å². The number of nitrogens with zero attached hydrogens (tertiary/aromatic N) is 2. The number of halogens is 1. The molecule has 1 heterocycles. The summed E-state index contributed by atoms with van der Waals surface area (Å²) in [4.78, 5) is 7.14. The van der Waals surface area contributed by atoms with Gasteiger partial charge in [0, 0.05) is 37.4 Å². The maximum absolute atomic E-state index is 5.93. The van der Waals surface area contributed by atoms with Gasteiger partial charge in [-0.15, -0.1) is 24.0 Å². The molecular weight excluding hydrogens is 479 g/mol. The number of hydrogen-bond donors (Lipinski definition) is 2. The summed E-state index contributed by atoms with van der Waals surface area (Å²) in [6.45, 7) is 10.9. The number of likely N-dealkylation sites (N-methyl/N-ethyl adjacent to an activating group) is 1. The minimum Gasteiger partial charge on any atom is -0.493 e. The van der Waals surface area contributed by atoms with Gasteiger partial charge in [0.05, 0.1) is 13.2 Å². The molecule has 2 N–H and O–H groups in total. The molecule has 0 radical (unpaired) electrons. The summed E-state index contributed by atoms with van der Waals surface area (Å²) in [7, 11) is 4.31. The Hall–Kier alpha value is -1.06. The van der Waals surface area contributed by atoms with Gasteiger partial charge in [0.15, 0.2) is 5.96 Å². The zero-order valence-corrected chi connectivity index (χ0v) is 21.0. The molecule has 2 rings (SSSR count). The number of benzene rings is 1. The van der Waals surface area contributed by atoms with Crippen LogP contribution in [0.1, 0.15) is 44.2 Å². The summed E-state index contributed by atoms with van der Waals surface area (Å²) in [5.41, 5.74) is 2.43. The Labute approximate surface area is 193 Å². The first-order valence-corrected chi connectivity index (χ1v) is 10.5. The molecule has 1 aromatic rings. The number of ether oxygens (including phenoxy) is 2. The van der Waals surface area contributed by atoms with E-state index in [1.807, 2.05) is 0 Å². The van der Waals surface area contributed by atoms with Crippen molar-refractivity contribution in [3.63, 3.8) is 0 Å². The lowest BCUT2D eigenvalue weighted by Crippen LogP contribution is -2.57. The lowest BCUT2D eigenvalue weighted by molar-refractivity contribution is -0.00501. The van der Waals surface area contributed by atoms with Gasteiger partial charge >= 0.3 is 0 Å². The second kappa shape index (κ2) is 13.3. The van der Waals surface area contributed by atoms with Gasteiger partial charge in [-0.25, -0.2) is 4.99 Å². The van der Waals surface area contributed by atoms with E-state index >= 15 is 0 Å². The van der Waals surface area contributed by atoms with Crippen LogP contribution in [0.15, 0.2) is 23.2 Å². The standard InChI is InChI=1S/C22H38N4O2.HI/c1-6-12-28-20-15-18(3)8-9-19(20)16-24-21(23-7-2)25-17-22(26(4)5)10-13-27-14-11-22;/h8-9,15H,6-7,10-14,16-17H2,1-5H3,(H2,23,24,25);1H. The Morgan fingerprint density at radius 2 is 1.93 bits per heavy atom. The first-order chi connectivity index (χ1) is 13.5. The quantitative estimate of drug-likeness (QED) is 0.298. The summed E-state index contributed by atoms with van der Waals surface area (Å²) in [5, 5.41) is 6.93. The van der Waals surface area contributed by atoms with E-state index in [1.54, 1.807) is 0 Å². The highest BCUT2D eigenvalue weighted by Gasteiger charge is 2.34. The van der Waals surface area contributed by atoms with Gasteiger partial charge in [-0.1, -0.05) is 19.1 Å². The molecule has 7 heteroatoms. The molecule has 0 amide bonds. The predicted octanol–water partition coefficient (Wildman–Crippen LogP) is 3.57. The molecule has 0 spiro atoms. The van der Waals surface area contributed by atoms with E-state index in [1.165, 1.54) is 5.56 Å². The van der Waals surface area contributed by atoms with Crippen molar-refractivity contribution in [3.05, 3.63) is 29.3 Å². The molecule has 29 heavy (non-hydrogen) atoms. The van der Waals surface area contributed by atoms with Crippen LogP contribution in [0, 0.1) is 6.92 Å². The molecule has 0 unspecified atom stereocenters. The van der Waals surface area contributed by atoms with Crippen LogP contribution in [-0.4, -0.2) is 63.4 Å². The summed E-state index contributed by atoms with van der Waals surface area (Å²) < 4.78 is 11.5. The van der Waals surface area contributed by atoms with E-state index < -0.39 is 0 Å². The van der Waals surface area contributed by atoms with Gasteiger partial charge in [0.2, 0.25) is 0 Å². The summed E-state index contributed by atoms with van der Waals surface area (Å²) in [6.07, 6.45) is 3.05. The Morgan fingerprint density at radius 3 is 2.55 bits per heavy atom. The topological polar surface area (TPSA) is 58.1 Å². The van der Waals surface area contributed by atoms with E-state index in [-0.39, 0.29) is 29.5 Å². The van der Waals surface area contributed by atoms with Gasteiger partial charge in [-0.2, -0.15) is 0 Å². The van der Waals surface area contributed by atoms with Crippen LogP contribution in [0.25, 0.3) is 0 Å². The van der Waals surface area contributed by atoms with Crippen LogP contribution in [-0.2, 0) is 11.3 Å². The smallest absolute Gasteiger partial charge is 0.191 e. The number of nitrogens with one attached hydrogen (secondary N) is 2. The number of rotatable bonds is 9. The van der Waals surface area contributed by atoms with Gasteiger partial charge < -0.3 is 25.0 Å². The molecule has 1 saturated heterocycles. The van der Waals surface area contributed by atoms with Crippen LogP contribution in [0.5, 0.6) is 5.75 Å². The molecule has 1 aromatic carbocycles. The third-order valence-corrected chi connectivity index (χ3v) is 5.39. The van der Waals surface area contributed by atoms with Gasteiger partial charge in [-0.05, 0) is 58.8 Å². The van der Waals surface area contributed by atoms with Crippen molar-refractivity contribution in [1.29, 1.82) is 0 Å². The average molecular weight is 518 g/mol. The van der Waals surface area contributed by atoms with Crippen LogP contribution in [0.3, 0.4) is 0 Å². The summed E-state index contributed by atoms with van der Waals surface area (Å²) in [6, 6.07) is 6.34. The zero-order chi connectivity index (χ0) is 20.4. The maximum Gasteiger partial charge on any atom is 0.191 e. The second-order valence-electron chi connectivity index (χ2n) is 7.74. The number of aryl methyl sites for hydroxylation is 1. The van der Waals surface area contributed by atoms with Crippen molar-refractivity contribution < 1.29 is 9.47 Å². The van der Waals surface area contributed by atoms with E-state index in [0.29, 0.717) is 6.54 Å². The van der Waals surface area contributed by atoms with Gasteiger partial charge in [0.25, 0.3) is 0 Å². The third kappa shape index (κ3) is 7.94. The van der Waals surface area contributed by atoms with Crippen LogP contribution >= 0.6 is 24.0 Å². The number of aliphatic imine (C=N–C) groups is 1. The Morgan fingerprint density at radius 1 is 1.21 bits per heavy atom. The van der Waals surface area contributed by atoms with E-state index in [0.717, 1.165) is 69.4 Å². The highest BCUT2D eigenvalue weighted by Crippen LogP contribution is 2.25. The van der Waals surface area contributed by atoms with Crippen LogP contribution < -0.4 is 15.4 Å². The lowest BCUT2D eigenvalue weighted by atomic mass is 9.88. The lowest BCUT2D eigenvalue weighted by Gasteiger charge is -2.43. The molecule has 1 aliphatic rings. The molecule has 1 fully saturated rings. The summed E-state index contributed by atoms with van der Waals surface area (Å²) in [5.74, 6) is 1.79. The van der Waals surface area contributed by atoms with Crippen molar-refractivity contribution in [2.45, 2.75) is 52.1 Å². The Bertz CT molecular complexity index is 631. The largest absolute Gasteiger partial charge is 0.493 e. The van der Waals surface area contributed by atoms with E-state index in [9.17, 15) is 0 Å². The normalized spacial score (nSPS) is 16.3. The van der Waals surface area contributed by atoms with Crippen molar-refractivity contribution in [3.8, 4) is 5.75 Å². The summed E-state index contributed by atoms with van der Waals surface area (Å²) >= 11 is 0. The monoisotopic (exact) mass is 518 g/mol. The average Bonchev–Trinajstić information content (AvgIpc) is 2.70. The molecule has 0 aromatic heterocycles. The fourth-order valence-corrected chi connectivity index (χ4v) is 3.43. The SMILES string of the molecule is CCCOc1cc(C)ccc1CN=C(NCC)NCC1(N(C)C)CCOCC1.I. The Kier molecular flexibility index (Phi) is 11.9. The Balaban J connectivity index is 0.00000420. The molecule has 0 bridgehead atoms. The minimum atomic E-state index is 0. The fraction of sp³-hybridized carbons (Fsp3) is 0.682. The minimum absolute atomic E-state index is 0. The van der Waals surface area contributed by atoms with Crippen molar-refractivity contribution in [2.24, 2.45) is 4.99 Å². The maximum atomic E-state index is 5.93. The highest BCUT2D eigenvalue weighted by molar-refractivity contribution is 14.0. The molecule has 166 valence electrons. The van der Waals surface area contributed by atoms with Crippen LogP contribution in [0.4, 0.5) is 0 Å². The predicted molar refractivity (Wildman–Crippen MR) is 132 cm³/mol. The first kappa shape index (κ1) is 26.0. The first-order valence-electron chi connectivity index (χ1n) is 10.5. The van der Waals surface area contributed by atoms with Gasteiger partial charge in [0.1, 0.15) is 5.75 Å². The third-order valence-electron chi connectivity index (χ3n) is 5.39.